The van der Waals surface area contributed by atoms with Crippen molar-refractivity contribution in [2.24, 2.45) is 5.92 Å². The molecule has 1 aromatic carbocycles. The number of hydrogen-bond donors (Lipinski definition) is 2. The number of rotatable bonds is 3. The van der Waals surface area contributed by atoms with E-state index in [4.69, 9.17) is 0 Å². The van der Waals surface area contributed by atoms with Gasteiger partial charge in [0.25, 0.3) is 0 Å². The van der Waals surface area contributed by atoms with E-state index >= 15 is 0 Å². The van der Waals surface area contributed by atoms with E-state index in [9.17, 15) is 14.7 Å². The molecular weight excluding hydrogens is 274 g/mol. The molecule has 2 heterocycles. The molecule has 108 valence electrons. The zero-order valence-corrected chi connectivity index (χ0v) is 11.2. The molecule has 1 aliphatic rings. The van der Waals surface area contributed by atoms with Crippen LogP contribution in [0.3, 0.4) is 0 Å². The van der Waals surface area contributed by atoms with Gasteiger partial charge in [-0.15, -0.1) is 10.2 Å². The van der Waals surface area contributed by atoms with Crippen LogP contribution in [-0.4, -0.2) is 44.0 Å². The molecular formula is C13H13N5O3. The summed E-state index contributed by atoms with van der Waals surface area (Å²) in [5.41, 5.74) is 1.16. The van der Waals surface area contributed by atoms with Crippen LogP contribution in [0.4, 0.5) is 5.69 Å². The monoisotopic (exact) mass is 287 g/mol. The van der Waals surface area contributed by atoms with E-state index in [1.165, 1.54) is 4.90 Å². The predicted molar refractivity (Wildman–Crippen MR) is 71.4 cm³/mol. The third-order valence-electron chi connectivity index (χ3n) is 3.56. The molecule has 0 saturated heterocycles. The minimum absolute atomic E-state index is 0.206. The van der Waals surface area contributed by atoms with Gasteiger partial charge in [0.05, 0.1) is 0 Å². The average molecular weight is 287 g/mol. The number of aliphatic hydroxyl groups excluding tert-OH is 1. The summed E-state index contributed by atoms with van der Waals surface area (Å²) in [4.78, 5) is 26.4. The van der Waals surface area contributed by atoms with Crippen LogP contribution in [-0.2, 0) is 4.79 Å². The summed E-state index contributed by atoms with van der Waals surface area (Å²) >= 11 is 0. The highest BCUT2D eigenvalue weighted by molar-refractivity contribution is 6.15. The van der Waals surface area contributed by atoms with Crippen molar-refractivity contribution < 1.29 is 14.7 Å². The summed E-state index contributed by atoms with van der Waals surface area (Å²) in [6.07, 6.45) is -1.22. The van der Waals surface area contributed by atoms with Crippen molar-refractivity contribution in [3.63, 3.8) is 0 Å². The van der Waals surface area contributed by atoms with Crippen molar-refractivity contribution in [2.75, 3.05) is 11.4 Å². The summed E-state index contributed by atoms with van der Waals surface area (Å²) in [5.74, 6) is -2.56. The fraction of sp³-hybridized carbons (Fsp3) is 0.308. The number of aromatic amines is 1. The number of nitrogens with zero attached hydrogens (tertiary/aromatic N) is 4. The number of ketones is 1. The van der Waals surface area contributed by atoms with Crippen LogP contribution >= 0.6 is 0 Å². The lowest BCUT2D eigenvalue weighted by molar-refractivity contribution is -0.124. The van der Waals surface area contributed by atoms with Crippen LogP contribution in [0.2, 0.25) is 0 Å². The van der Waals surface area contributed by atoms with E-state index in [0.29, 0.717) is 17.8 Å². The number of nitrogens with one attached hydrogen (secondary N) is 1. The average Bonchev–Trinajstić information content (AvgIpc) is 3.02. The lowest BCUT2D eigenvalue weighted by Gasteiger charge is -2.35. The number of tetrazole rings is 1. The van der Waals surface area contributed by atoms with E-state index in [0.717, 1.165) is 0 Å². The first-order valence-electron chi connectivity index (χ1n) is 6.51. The molecule has 2 N–H and O–H groups in total. The molecule has 0 aliphatic carbocycles. The van der Waals surface area contributed by atoms with Crippen molar-refractivity contribution in [3.8, 4) is 0 Å². The smallest absolute Gasteiger partial charge is 0.241 e. The molecule has 3 rings (SSSR count). The Balaban J connectivity index is 2.07. The van der Waals surface area contributed by atoms with Crippen molar-refractivity contribution in [1.82, 2.24) is 20.6 Å². The number of Topliss-reactive ketones (excluding diaryl/α,β-unsaturated/α-hetero) is 1. The molecule has 1 aliphatic heterocycles. The number of carbonyl (C=O) groups excluding carboxylic acids is 2. The standard InChI is InChI=1S/C13H13N5O3/c1-2-18-8-6-4-3-5-7(8)10(19)9(13(18)21)11(20)12-14-16-17-15-12/h3-6,9-10,19H,2H2,1H3,(H,14,15,16,17). The van der Waals surface area contributed by atoms with Gasteiger partial charge >= 0.3 is 0 Å². The number of para-hydroxylation sites is 1. The Hall–Kier alpha value is -2.61. The first-order chi connectivity index (χ1) is 10.1. The summed E-state index contributed by atoms with van der Waals surface area (Å²) in [7, 11) is 0. The second kappa shape index (κ2) is 5.06. The van der Waals surface area contributed by atoms with Gasteiger partial charge in [0.1, 0.15) is 12.0 Å². The van der Waals surface area contributed by atoms with Crippen LogP contribution in [0, 0.1) is 5.92 Å². The van der Waals surface area contributed by atoms with Gasteiger partial charge in [-0.2, -0.15) is 5.21 Å². The maximum absolute atomic E-state index is 12.5. The highest BCUT2D eigenvalue weighted by atomic mass is 16.3. The summed E-state index contributed by atoms with van der Waals surface area (Å²) in [6.45, 7) is 2.21. The second-order valence-corrected chi connectivity index (χ2v) is 4.66. The van der Waals surface area contributed by atoms with E-state index in [2.05, 4.69) is 20.6 Å². The van der Waals surface area contributed by atoms with Crippen LogP contribution in [0.5, 0.6) is 0 Å². The summed E-state index contributed by atoms with van der Waals surface area (Å²) < 4.78 is 0. The first-order valence-corrected chi connectivity index (χ1v) is 6.51. The number of fused-ring (bicyclic) bond motifs is 1. The largest absolute Gasteiger partial charge is 0.387 e. The van der Waals surface area contributed by atoms with Crippen molar-refractivity contribution >= 4 is 17.4 Å². The lowest BCUT2D eigenvalue weighted by Crippen LogP contribution is -2.46. The number of H-pyrrole nitrogens is 1. The van der Waals surface area contributed by atoms with Gasteiger partial charge in [0.2, 0.25) is 17.5 Å². The van der Waals surface area contributed by atoms with E-state index < -0.39 is 23.7 Å². The third-order valence-corrected chi connectivity index (χ3v) is 3.56. The van der Waals surface area contributed by atoms with Gasteiger partial charge in [-0.25, -0.2) is 0 Å². The zero-order chi connectivity index (χ0) is 15.0. The van der Waals surface area contributed by atoms with Crippen LogP contribution in [0.25, 0.3) is 0 Å². The van der Waals surface area contributed by atoms with Gasteiger partial charge in [-0.3, -0.25) is 9.59 Å². The summed E-state index contributed by atoms with van der Waals surface area (Å²) in [6, 6.07) is 6.98. The Labute approximate surface area is 119 Å². The van der Waals surface area contributed by atoms with Gasteiger partial charge in [-0.05, 0) is 18.2 Å². The van der Waals surface area contributed by atoms with Crippen LogP contribution < -0.4 is 4.90 Å². The fourth-order valence-electron chi connectivity index (χ4n) is 2.57. The lowest BCUT2D eigenvalue weighted by atomic mass is 9.85. The van der Waals surface area contributed by atoms with Crippen molar-refractivity contribution in [1.29, 1.82) is 0 Å². The third kappa shape index (κ3) is 2.00. The van der Waals surface area contributed by atoms with Crippen molar-refractivity contribution in [3.05, 3.63) is 35.7 Å². The molecule has 8 nitrogen and oxygen atoms in total. The van der Waals surface area contributed by atoms with E-state index in [-0.39, 0.29) is 5.82 Å². The molecule has 0 bridgehead atoms. The van der Waals surface area contributed by atoms with Gasteiger partial charge in [0.15, 0.2) is 0 Å². The van der Waals surface area contributed by atoms with Gasteiger partial charge in [0, 0.05) is 17.8 Å². The highest BCUT2D eigenvalue weighted by Gasteiger charge is 2.44. The molecule has 21 heavy (non-hydrogen) atoms. The second-order valence-electron chi connectivity index (χ2n) is 4.66. The Morgan fingerprint density at radius 2 is 2.19 bits per heavy atom. The molecule has 0 saturated carbocycles. The van der Waals surface area contributed by atoms with Crippen LogP contribution in [0.1, 0.15) is 29.2 Å². The van der Waals surface area contributed by atoms with Crippen molar-refractivity contribution in [2.45, 2.75) is 13.0 Å². The number of benzene rings is 1. The summed E-state index contributed by atoms with van der Waals surface area (Å²) in [5, 5.41) is 23.1. The molecule has 0 spiro atoms. The molecule has 8 heteroatoms. The number of aromatic nitrogens is 4. The molecule has 1 amide bonds. The minimum Gasteiger partial charge on any atom is -0.387 e. The Morgan fingerprint density at radius 3 is 2.86 bits per heavy atom. The van der Waals surface area contributed by atoms with E-state index in [1.54, 1.807) is 24.3 Å². The highest BCUT2D eigenvalue weighted by Crippen LogP contribution is 2.38. The Kier molecular flexibility index (Phi) is 3.22. The molecule has 0 fully saturated rings. The molecule has 2 atom stereocenters. The molecule has 0 radical (unpaired) electrons. The maximum Gasteiger partial charge on any atom is 0.241 e. The minimum atomic E-state index is -1.25. The quantitative estimate of drug-likeness (QED) is 0.611. The zero-order valence-electron chi connectivity index (χ0n) is 11.2. The SMILES string of the molecule is CCN1C(=O)C(C(=O)c2nn[nH]n2)C(O)c2ccccc21. The molecule has 1 aromatic heterocycles. The molecule has 2 aromatic rings. The normalized spacial score (nSPS) is 21.2. The topological polar surface area (TPSA) is 112 Å². The number of anilines is 1. The van der Waals surface area contributed by atoms with Gasteiger partial charge in [-0.1, -0.05) is 18.2 Å². The number of carbonyl (C=O) groups is 2. The first kappa shape index (κ1) is 13.4. The van der Waals surface area contributed by atoms with Gasteiger partial charge < -0.3 is 10.0 Å². The number of hydrogen-bond acceptors (Lipinski definition) is 6. The molecule has 2 unspecified atom stereocenters. The Bertz CT molecular complexity index is 685. The number of aliphatic hydroxyl groups is 1. The van der Waals surface area contributed by atoms with Crippen LogP contribution in [0.15, 0.2) is 24.3 Å². The fourth-order valence-corrected chi connectivity index (χ4v) is 2.57. The predicted octanol–water partition coefficient (Wildman–Crippen LogP) is 0.0987. The maximum atomic E-state index is 12.5. The number of amides is 1. The Morgan fingerprint density at radius 1 is 1.43 bits per heavy atom. The van der Waals surface area contributed by atoms with E-state index in [1.807, 2.05) is 6.92 Å².